The van der Waals surface area contributed by atoms with Gasteiger partial charge >= 0.3 is 0 Å². The Morgan fingerprint density at radius 3 is 2.95 bits per heavy atom. The molecule has 0 aliphatic heterocycles. The molecule has 0 bridgehead atoms. The van der Waals surface area contributed by atoms with Crippen LogP contribution in [-0.2, 0) is 13.6 Å². The average Bonchev–Trinajstić information content (AvgIpc) is 2.82. The van der Waals surface area contributed by atoms with Crippen molar-refractivity contribution in [1.29, 1.82) is 0 Å². The Morgan fingerprint density at radius 2 is 2.32 bits per heavy atom. The van der Waals surface area contributed by atoms with E-state index in [4.69, 9.17) is 4.74 Å². The summed E-state index contributed by atoms with van der Waals surface area (Å²) in [5, 5.41) is 6.84. The van der Waals surface area contributed by atoms with Gasteiger partial charge in [0, 0.05) is 11.5 Å². The maximum Gasteiger partial charge on any atom is 0.252 e. The first kappa shape index (κ1) is 13.5. The lowest BCUT2D eigenvalue weighted by Gasteiger charge is -2.07. The molecule has 1 amide bonds. The van der Waals surface area contributed by atoms with Gasteiger partial charge in [0.15, 0.2) is 5.82 Å². The zero-order valence-electron chi connectivity index (χ0n) is 10.6. The van der Waals surface area contributed by atoms with Gasteiger partial charge in [-0.1, -0.05) is 0 Å². The van der Waals surface area contributed by atoms with Crippen LogP contribution in [0.1, 0.15) is 16.2 Å². The number of carbonyl (C=O) groups excluding carboxylic acids is 1. The fourth-order valence-corrected chi connectivity index (χ4v) is 1.95. The monoisotopic (exact) mass is 324 g/mol. The molecule has 1 aromatic heterocycles. The molecule has 1 aromatic carbocycles. The van der Waals surface area contributed by atoms with Crippen LogP contribution in [0, 0.1) is 0 Å². The van der Waals surface area contributed by atoms with Crippen molar-refractivity contribution in [3.63, 3.8) is 0 Å². The van der Waals surface area contributed by atoms with Gasteiger partial charge in [-0.2, -0.15) is 5.10 Å². The maximum atomic E-state index is 12.1. The van der Waals surface area contributed by atoms with Crippen molar-refractivity contribution in [2.45, 2.75) is 6.54 Å². The summed E-state index contributed by atoms with van der Waals surface area (Å²) < 4.78 is 7.39. The van der Waals surface area contributed by atoms with E-state index in [9.17, 15) is 4.79 Å². The maximum absolute atomic E-state index is 12.1. The van der Waals surface area contributed by atoms with Crippen molar-refractivity contribution >= 4 is 21.8 Å². The number of methoxy groups -OCH3 is 1. The third-order valence-electron chi connectivity index (χ3n) is 2.47. The molecule has 100 valence electrons. The predicted molar refractivity (Wildman–Crippen MR) is 72.9 cm³/mol. The van der Waals surface area contributed by atoms with Gasteiger partial charge in [-0.15, -0.1) is 0 Å². The number of carbonyl (C=O) groups is 1. The van der Waals surface area contributed by atoms with Crippen molar-refractivity contribution < 1.29 is 9.53 Å². The highest BCUT2D eigenvalue weighted by Crippen LogP contribution is 2.22. The Balaban J connectivity index is 2.07. The molecule has 0 saturated heterocycles. The molecule has 0 spiro atoms. The lowest BCUT2D eigenvalue weighted by atomic mass is 10.2. The molecule has 0 radical (unpaired) electrons. The molecule has 1 N–H and O–H groups in total. The Labute approximate surface area is 118 Å². The fourth-order valence-electron chi connectivity index (χ4n) is 1.52. The number of ether oxygens (including phenoxy) is 1. The summed E-state index contributed by atoms with van der Waals surface area (Å²) >= 11 is 3.34. The minimum atomic E-state index is -0.210. The highest BCUT2D eigenvalue weighted by molar-refractivity contribution is 9.10. The van der Waals surface area contributed by atoms with E-state index in [1.54, 1.807) is 43.4 Å². The Morgan fingerprint density at radius 1 is 1.53 bits per heavy atom. The number of amides is 1. The van der Waals surface area contributed by atoms with Crippen LogP contribution in [0.2, 0.25) is 0 Å². The largest absolute Gasteiger partial charge is 0.497 e. The van der Waals surface area contributed by atoms with Crippen LogP contribution in [0.25, 0.3) is 0 Å². The van der Waals surface area contributed by atoms with Crippen LogP contribution < -0.4 is 10.1 Å². The van der Waals surface area contributed by atoms with Gasteiger partial charge < -0.3 is 10.1 Å². The van der Waals surface area contributed by atoms with Crippen LogP contribution in [0.4, 0.5) is 0 Å². The van der Waals surface area contributed by atoms with Crippen molar-refractivity contribution in [2.24, 2.45) is 7.05 Å². The van der Waals surface area contributed by atoms with Crippen LogP contribution >= 0.6 is 15.9 Å². The van der Waals surface area contributed by atoms with Crippen LogP contribution in [0.5, 0.6) is 5.75 Å². The molecule has 1 heterocycles. The van der Waals surface area contributed by atoms with Gasteiger partial charge in [-0.25, -0.2) is 4.98 Å². The predicted octanol–water partition coefficient (Wildman–Crippen LogP) is 1.52. The minimum absolute atomic E-state index is 0.210. The van der Waals surface area contributed by atoms with Crippen molar-refractivity contribution in [3.8, 4) is 5.75 Å². The molecule has 0 aliphatic rings. The number of aryl methyl sites for hydroxylation is 1. The third kappa shape index (κ3) is 3.31. The second kappa shape index (κ2) is 5.83. The summed E-state index contributed by atoms with van der Waals surface area (Å²) in [5.74, 6) is 0.984. The number of hydrogen-bond donors (Lipinski definition) is 1. The van der Waals surface area contributed by atoms with Crippen LogP contribution in [-0.4, -0.2) is 27.8 Å². The molecule has 0 unspecified atom stereocenters. The molecule has 0 atom stereocenters. The first-order valence-corrected chi connectivity index (χ1v) is 6.35. The summed E-state index contributed by atoms with van der Waals surface area (Å²) in [5.41, 5.74) is 0.510. The fraction of sp³-hybridized carbons (Fsp3) is 0.250. The first-order chi connectivity index (χ1) is 9.10. The number of nitrogens with one attached hydrogen (secondary N) is 1. The summed E-state index contributed by atoms with van der Waals surface area (Å²) in [6, 6.07) is 5.22. The summed E-state index contributed by atoms with van der Waals surface area (Å²) in [4.78, 5) is 16.1. The van der Waals surface area contributed by atoms with Gasteiger partial charge in [0.1, 0.15) is 12.1 Å². The Bertz CT molecular complexity index is 597. The van der Waals surface area contributed by atoms with Gasteiger partial charge in [0.25, 0.3) is 5.91 Å². The van der Waals surface area contributed by atoms with Gasteiger partial charge in [-0.3, -0.25) is 9.48 Å². The summed E-state index contributed by atoms with van der Waals surface area (Å²) in [6.45, 7) is 0.281. The van der Waals surface area contributed by atoms with E-state index in [0.29, 0.717) is 21.6 Å². The van der Waals surface area contributed by atoms with E-state index >= 15 is 0 Å². The molecule has 0 fully saturated rings. The normalized spacial score (nSPS) is 10.3. The number of aromatic nitrogens is 3. The Hall–Kier alpha value is -1.89. The lowest BCUT2D eigenvalue weighted by molar-refractivity contribution is 0.0948. The van der Waals surface area contributed by atoms with E-state index in [-0.39, 0.29) is 12.5 Å². The number of nitrogens with zero attached hydrogens (tertiary/aromatic N) is 3. The van der Waals surface area contributed by atoms with E-state index in [2.05, 4.69) is 31.3 Å². The molecule has 0 aliphatic carbocycles. The molecular formula is C12H13BrN4O2. The number of halogens is 1. The standard InChI is InChI=1S/C12H13BrN4O2/c1-17-7-15-11(16-17)6-14-12(18)9-5-8(19-2)3-4-10(9)13/h3-5,7H,6H2,1-2H3,(H,14,18). The number of hydrogen-bond acceptors (Lipinski definition) is 4. The SMILES string of the molecule is COc1ccc(Br)c(C(=O)NCc2ncn(C)n2)c1. The van der Waals surface area contributed by atoms with E-state index in [1.165, 1.54) is 0 Å². The highest BCUT2D eigenvalue weighted by atomic mass is 79.9. The summed E-state index contributed by atoms with van der Waals surface area (Å²) in [7, 11) is 3.33. The minimum Gasteiger partial charge on any atom is -0.497 e. The summed E-state index contributed by atoms with van der Waals surface area (Å²) in [6.07, 6.45) is 1.59. The van der Waals surface area contributed by atoms with Gasteiger partial charge in [0.2, 0.25) is 0 Å². The van der Waals surface area contributed by atoms with Gasteiger partial charge in [-0.05, 0) is 34.1 Å². The van der Waals surface area contributed by atoms with E-state index in [1.807, 2.05) is 0 Å². The van der Waals surface area contributed by atoms with Crippen LogP contribution in [0.3, 0.4) is 0 Å². The molecule has 2 aromatic rings. The molecule has 7 heteroatoms. The highest BCUT2D eigenvalue weighted by Gasteiger charge is 2.11. The molecule has 19 heavy (non-hydrogen) atoms. The topological polar surface area (TPSA) is 69.0 Å². The zero-order chi connectivity index (χ0) is 13.8. The molecule has 6 nitrogen and oxygen atoms in total. The number of benzene rings is 1. The zero-order valence-corrected chi connectivity index (χ0v) is 12.1. The quantitative estimate of drug-likeness (QED) is 0.925. The molecule has 0 saturated carbocycles. The van der Waals surface area contributed by atoms with Crippen molar-refractivity contribution in [3.05, 3.63) is 40.4 Å². The second-order valence-electron chi connectivity index (χ2n) is 3.86. The molecule has 2 rings (SSSR count). The van der Waals surface area contributed by atoms with Crippen LogP contribution in [0.15, 0.2) is 29.0 Å². The second-order valence-corrected chi connectivity index (χ2v) is 4.72. The smallest absolute Gasteiger partial charge is 0.252 e. The lowest BCUT2D eigenvalue weighted by Crippen LogP contribution is -2.24. The third-order valence-corrected chi connectivity index (χ3v) is 3.16. The number of rotatable bonds is 4. The Kier molecular flexibility index (Phi) is 4.16. The van der Waals surface area contributed by atoms with E-state index in [0.717, 1.165) is 0 Å². The average molecular weight is 325 g/mol. The van der Waals surface area contributed by atoms with Crippen molar-refractivity contribution in [2.75, 3.05) is 7.11 Å². The molecular weight excluding hydrogens is 312 g/mol. The first-order valence-electron chi connectivity index (χ1n) is 5.56. The van der Waals surface area contributed by atoms with Gasteiger partial charge in [0.05, 0.1) is 19.2 Å². The van der Waals surface area contributed by atoms with E-state index < -0.39 is 0 Å². The van der Waals surface area contributed by atoms with Crippen molar-refractivity contribution in [1.82, 2.24) is 20.1 Å².